The Morgan fingerprint density at radius 2 is 1.90 bits per heavy atom. The highest BCUT2D eigenvalue weighted by Crippen LogP contribution is 2.25. The molecule has 0 atom stereocenters. The van der Waals surface area contributed by atoms with Gasteiger partial charge in [0.1, 0.15) is 4.90 Å². The van der Waals surface area contributed by atoms with E-state index in [1.165, 1.54) is 18.2 Å². The lowest BCUT2D eigenvalue weighted by atomic mass is 10.1. The van der Waals surface area contributed by atoms with Crippen molar-refractivity contribution in [1.82, 2.24) is 14.9 Å². The highest BCUT2D eigenvalue weighted by atomic mass is 35.5. The van der Waals surface area contributed by atoms with Crippen molar-refractivity contribution in [2.24, 2.45) is 0 Å². The summed E-state index contributed by atoms with van der Waals surface area (Å²) in [4.78, 5) is 16.5. The van der Waals surface area contributed by atoms with Gasteiger partial charge in [-0.3, -0.25) is 0 Å². The molecule has 0 aliphatic rings. The predicted molar refractivity (Wildman–Crippen MR) is 115 cm³/mol. The van der Waals surface area contributed by atoms with Gasteiger partial charge < -0.3 is 9.26 Å². The summed E-state index contributed by atoms with van der Waals surface area (Å²) in [5.74, 6) is -0.250. The molecule has 0 radical (unpaired) electrons. The number of ether oxygens (including phenoxy) is 1. The average Bonchev–Trinajstić information content (AvgIpc) is 3.13. The third kappa shape index (κ3) is 5.69. The molecule has 0 amide bonds. The van der Waals surface area contributed by atoms with Crippen molar-refractivity contribution in [3.05, 3.63) is 64.5 Å². The molecule has 3 aromatic rings. The van der Waals surface area contributed by atoms with E-state index in [1.54, 1.807) is 20.8 Å². The molecule has 31 heavy (non-hydrogen) atoms. The number of halogens is 1. The summed E-state index contributed by atoms with van der Waals surface area (Å²) in [5, 5.41) is 3.90. The Hall–Kier alpha value is -2.75. The fourth-order valence-electron chi connectivity index (χ4n) is 2.75. The molecule has 0 aliphatic heterocycles. The van der Waals surface area contributed by atoms with E-state index in [0.717, 1.165) is 11.1 Å². The van der Waals surface area contributed by atoms with Crippen LogP contribution < -0.4 is 4.72 Å². The van der Waals surface area contributed by atoms with Gasteiger partial charge in [-0.15, -0.1) is 0 Å². The highest BCUT2D eigenvalue weighted by Gasteiger charge is 2.25. The van der Waals surface area contributed by atoms with Crippen molar-refractivity contribution in [1.29, 1.82) is 0 Å². The van der Waals surface area contributed by atoms with Crippen molar-refractivity contribution in [3.63, 3.8) is 0 Å². The number of aromatic nitrogens is 2. The van der Waals surface area contributed by atoms with E-state index >= 15 is 0 Å². The zero-order chi connectivity index (χ0) is 22.8. The number of hydrogen-bond acceptors (Lipinski definition) is 7. The molecule has 0 aliphatic carbocycles. The molecule has 0 bridgehead atoms. The Bertz CT molecular complexity index is 1220. The monoisotopic (exact) mass is 463 g/mol. The number of carbonyl (C=O) groups is 1. The number of hydrogen-bond donors (Lipinski definition) is 1. The Kier molecular flexibility index (Phi) is 6.49. The van der Waals surface area contributed by atoms with Crippen LogP contribution in [0.1, 0.15) is 42.6 Å². The molecule has 1 heterocycles. The zero-order valence-electron chi connectivity index (χ0n) is 17.5. The van der Waals surface area contributed by atoms with E-state index in [9.17, 15) is 13.2 Å². The maximum absolute atomic E-state index is 12.6. The maximum atomic E-state index is 12.6. The standard InChI is InChI=1S/C21H22ClN3O5S/c1-13-7-5-6-8-15(13)19-23-18(30-24-19)12-29-20(26)14-9-10-16(22)17(11-14)31(27,28)25-21(2,3)4/h5-11,25H,12H2,1-4H3. The third-order valence-corrected chi connectivity index (χ3v) is 6.32. The number of carbonyl (C=O) groups excluding carboxylic acids is 1. The number of benzene rings is 2. The van der Waals surface area contributed by atoms with Crippen molar-refractivity contribution in [2.45, 2.75) is 44.7 Å². The minimum absolute atomic E-state index is 0.00641. The zero-order valence-corrected chi connectivity index (χ0v) is 19.0. The Morgan fingerprint density at radius 3 is 2.58 bits per heavy atom. The fourth-order valence-corrected chi connectivity index (χ4v) is 4.70. The summed E-state index contributed by atoms with van der Waals surface area (Å²) in [6.07, 6.45) is 0. The number of esters is 1. The second-order valence-electron chi connectivity index (χ2n) is 7.90. The van der Waals surface area contributed by atoms with Crippen LogP contribution in [0.2, 0.25) is 5.02 Å². The average molecular weight is 464 g/mol. The predicted octanol–water partition coefficient (Wildman–Crippen LogP) is 4.13. The smallest absolute Gasteiger partial charge is 0.338 e. The summed E-state index contributed by atoms with van der Waals surface area (Å²) in [6.45, 7) is 6.76. The van der Waals surface area contributed by atoms with E-state index < -0.39 is 21.5 Å². The molecule has 0 fully saturated rings. The first-order chi connectivity index (χ1) is 14.5. The molecule has 164 valence electrons. The number of rotatable bonds is 6. The lowest BCUT2D eigenvalue weighted by molar-refractivity contribution is 0.0429. The Balaban J connectivity index is 1.74. The molecule has 2 aromatic carbocycles. The van der Waals surface area contributed by atoms with Crippen LogP contribution in [0.15, 0.2) is 51.9 Å². The van der Waals surface area contributed by atoms with Gasteiger partial charge in [0, 0.05) is 11.1 Å². The Morgan fingerprint density at radius 1 is 1.19 bits per heavy atom. The molecule has 1 N–H and O–H groups in total. The van der Waals surface area contributed by atoms with E-state index in [1.807, 2.05) is 31.2 Å². The van der Waals surface area contributed by atoms with E-state index in [0.29, 0.717) is 5.82 Å². The molecule has 8 nitrogen and oxygen atoms in total. The van der Waals surface area contributed by atoms with Crippen molar-refractivity contribution in [2.75, 3.05) is 0 Å². The van der Waals surface area contributed by atoms with Crippen LogP contribution in [-0.4, -0.2) is 30.1 Å². The van der Waals surface area contributed by atoms with Crippen molar-refractivity contribution in [3.8, 4) is 11.4 Å². The first-order valence-electron chi connectivity index (χ1n) is 9.35. The van der Waals surface area contributed by atoms with Gasteiger partial charge in [-0.25, -0.2) is 17.9 Å². The van der Waals surface area contributed by atoms with Crippen molar-refractivity contribution >= 4 is 27.6 Å². The van der Waals surface area contributed by atoms with Gasteiger partial charge in [-0.05, 0) is 51.5 Å². The quantitative estimate of drug-likeness (QED) is 0.547. The number of nitrogens with zero attached hydrogens (tertiary/aromatic N) is 2. The number of sulfonamides is 1. The van der Waals surface area contributed by atoms with Crippen LogP contribution >= 0.6 is 11.6 Å². The van der Waals surface area contributed by atoms with Crippen LogP contribution in [0.5, 0.6) is 0 Å². The topological polar surface area (TPSA) is 111 Å². The van der Waals surface area contributed by atoms with Gasteiger partial charge in [0.15, 0.2) is 6.61 Å². The van der Waals surface area contributed by atoms with Crippen LogP contribution in [0.25, 0.3) is 11.4 Å². The summed E-state index contributed by atoms with van der Waals surface area (Å²) in [7, 11) is -3.93. The van der Waals surface area contributed by atoms with Crippen molar-refractivity contribution < 1.29 is 22.5 Å². The van der Waals surface area contributed by atoms with Gasteiger partial charge in [0.05, 0.1) is 10.6 Å². The molecular formula is C21H22ClN3O5S. The van der Waals surface area contributed by atoms with Crippen LogP contribution in [0, 0.1) is 6.92 Å². The van der Waals surface area contributed by atoms with Gasteiger partial charge in [0.2, 0.25) is 15.8 Å². The van der Waals surface area contributed by atoms with Crippen LogP contribution in [0.4, 0.5) is 0 Å². The van der Waals surface area contributed by atoms with Gasteiger partial charge in [0.25, 0.3) is 5.89 Å². The summed E-state index contributed by atoms with van der Waals surface area (Å²) < 4.78 is 38.1. The number of nitrogens with one attached hydrogen (secondary N) is 1. The Labute approximate surface area is 185 Å². The van der Waals surface area contributed by atoms with Gasteiger partial charge in [-0.1, -0.05) is 41.0 Å². The third-order valence-electron chi connectivity index (χ3n) is 4.08. The molecule has 0 saturated heterocycles. The number of aryl methyl sites for hydroxylation is 1. The summed E-state index contributed by atoms with van der Waals surface area (Å²) in [6, 6.07) is 11.4. The molecule has 10 heteroatoms. The highest BCUT2D eigenvalue weighted by molar-refractivity contribution is 7.89. The summed E-state index contributed by atoms with van der Waals surface area (Å²) >= 11 is 6.06. The van der Waals surface area contributed by atoms with Gasteiger partial charge in [-0.2, -0.15) is 4.98 Å². The minimum atomic E-state index is -3.93. The lowest BCUT2D eigenvalue weighted by Gasteiger charge is -2.21. The molecule has 1 aromatic heterocycles. The SMILES string of the molecule is Cc1ccccc1-c1noc(COC(=O)c2ccc(Cl)c(S(=O)(=O)NC(C)(C)C)c2)n1. The second kappa shape index (κ2) is 8.78. The van der Waals surface area contributed by atoms with E-state index in [2.05, 4.69) is 14.9 Å². The van der Waals surface area contributed by atoms with Crippen LogP contribution in [-0.2, 0) is 21.4 Å². The molecule has 0 unspecified atom stereocenters. The molecule has 0 spiro atoms. The molecular weight excluding hydrogens is 442 g/mol. The van der Waals surface area contributed by atoms with Gasteiger partial charge >= 0.3 is 5.97 Å². The first kappa shape index (κ1) is 22.9. The minimum Gasteiger partial charge on any atom is -0.452 e. The lowest BCUT2D eigenvalue weighted by Crippen LogP contribution is -2.40. The van der Waals surface area contributed by atoms with Crippen LogP contribution in [0.3, 0.4) is 0 Å². The first-order valence-corrected chi connectivity index (χ1v) is 11.2. The summed E-state index contributed by atoms with van der Waals surface area (Å²) in [5.41, 5.74) is 1.09. The van der Waals surface area contributed by atoms with E-state index in [-0.39, 0.29) is 28.0 Å². The normalized spacial score (nSPS) is 12.0. The van der Waals surface area contributed by atoms with E-state index in [4.69, 9.17) is 20.9 Å². The largest absolute Gasteiger partial charge is 0.452 e. The second-order valence-corrected chi connectivity index (χ2v) is 9.96. The molecule has 3 rings (SSSR count). The molecule has 0 saturated carbocycles. The maximum Gasteiger partial charge on any atom is 0.338 e. The fraction of sp³-hybridized carbons (Fsp3) is 0.286.